The number of aromatic nitrogens is 1. The Morgan fingerprint density at radius 2 is 1.65 bits per heavy atom. The minimum atomic E-state index is -0.842. The molecule has 8 heteroatoms. The third-order valence-corrected chi connectivity index (χ3v) is 3.36. The van der Waals surface area contributed by atoms with Crippen LogP contribution in [0.25, 0.3) is 21.8 Å². The summed E-state index contributed by atoms with van der Waals surface area (Å²) in [6.07, 6.45) is 0. The van der Waals surface area contributed by atoms with Crippen molar-refractivity contribution in [3.63, 3.8) is 0 Å². The molecule has 2 aromatic carbocycles. The highest BCUT2D eigenvalue weighted by Gasteiger charge is 2.33. The van der Waals surface area contributed by atoms with Gasteiger partial charge in [0, 0.05) is 16.3 Å². The van der Waals surface area contributed by atoms with E-state index in [-0.39, 0.29) is 10.5 Å². The van der Waals surface area contributed by atoms with Crippen LogP contribution in [0.4, 0.5) is 11.4 Å². The number of halogens is 1. The van der Waals surface area contributed by atoms with Crippen LogP contribution >= 0.6 is 11.6 Å². The number of H-pyrrole nitrogens is 1. The van der Waals surface area contributed by atoms with E-state index in [0.717, 1.165) is 5.39 Å². The molecule has 100 valence electrons. The predicted octanol–water partition coefficient (Wildman–Crippen LogP) is 3.79. The molecule has 0 radical (unpaired) electrons. The first-order valence-corrected chi connectivity index (χ1v) is 5.90. The highest BCUT2D eigenvalue weighted by atomic mass is 35.5. The Morgan fingerprint density at radius 3 is 2.30 bits per heavy atom. The second-order valence-corrected chi connectivity index (χ2v) is 4.57. The van der Waals surface area contributed by atoms with Gasteiger partial charge in [-0.1, -0.05) is 29.8 Å². The monoisotopic (exact) mass is 291 g/mol. The number of hydrogen-bond donors (Lipinski definition) is 1. The highest BCUT2D eigenvalue weighted by molar-refractivity contribution is 6.35. The Kier molecular flexibility index (Phi) is 2.58. The maximum atomic E-state index is 11.2. The van der Waals surface area contributed by atoms with Gasteiger partial charge in [-0.15, -0.1) is 0 Å². The first-order valence-electron chi connectivity index (χ1n) is 5.52. The van der Waals surface area contributed by atoms with Gasteiger partial charge >= 0.3 is 11.4 Å². The van der Waals surface area contributed by atoms with Crippen molar-refractivity contribution < 1.29 is 9.85 Å². The minimum absolute atomic E-state index is 0.104. The van der Waals surface area contributed by atoms with Gasteiger partial charge < -0.3 is 4.98 Å². The van der Waals surface area contributed by atoms with Crippen LogP contribution in [0.15, 0.2) is 30.3 Å². The standard InChI is InChI=1S/C12H6ClN3O4/c13-8-5-7-6-3-1-2-4-9(6)14-10(7)12(16(19)20)11(8)15(17)18/h1-5,14H. The molecule has 0 fully saturated rings. The number of nitro groups is 2. The molecule has 0 atom stereocenters. The van der Waals surface area contributed by atoms with Crippen LogP contribution in [0.2, 0.25) is 5.02 Å². The van der Waals surface area contributed by atoms with Crippen molar-refractivity contribution in [1.82, 2.24) is 4.98 Å². The Labute approximate surface area is 116 Å². The normalized spacial score (nSPS) is 11.1. The molecule has 1 aromatic heterocycles. The fourth-order valence-electron chi connectivity index (χ4n) is 2.28. The van der Waals surface area contributed by atoms with Gasteiger partial charge in [0.15, 0.2) is 0 Å². The van der Waals surface area contributed by atoms with Crippen LogP contribution in [0.1, 0.15) is 0 Å². The topological polar surface area (TPSA) is 102 Å². The number of nitrogens with zero attached hydrogens (tertiary/aromatic N) is 2. The second kappa shape index (κ2) is 4.17. The number of para-hydroxylation sites is 1. The average molecular weight is 292 g/mol. The van der Waals surface area contributed by atoms with Gasteiger partial charge in [-0.3, -0.25) is 20.2 Å². The molecule has 0 unspecified atom stereocenters. The number of aromatic amines is 1. The summed E-state index contributed by atoms with van der Waals surface area (Å²) in [7, 11) is 0. The summed E-state index contributed by atoms with van der Waals surface area (Å²) in [6, 6.07) is 8.41. The lowest BCUT2D eigenvalue weighted by molar-refractivity contribution is -0.421. The molecule has 0 aliphatic heterocycles. The van der Waals surface area contributed by atoms with E-state index in [1.54, 1.807) is 24.3 Å². The van der Waals surface area contributed by atoms with Gasteiger partial charge in [-0.05, 0) is 12.1 Å². The summed E-state index contributed by atoms with van der Waals surface area (Å²) in [4.78, 5) is 23.4. The van der Waals surface area contributed by atoms with Gasteiger partial charge in [-0.25, -0.2) is 0 Å². The first-order chi connectivity index (χ1) is 9.50. The molecule has 0 saturated carbocycles. The Morgan fingerprint density at radius 1 is 1.00 bits per heavy atom. The molecule has 0 aliphatic carbocycles. The number of benzene rings is 2. The van der Waals surface area contributed by atoms with Crippen LogP contribution in [-0.2, 0) is 0 Å². The molecule has 1 heterocycles. The summed E-state index contributed by atoms with van der Waals surface area (Å²) < 4.78 is 0. The number of fused-ring (bicyclic) bond motifs is 3. The Hall–Kier alpha value is -2.67. The average Bonchev–Trinajstić information content (AvgIpc) is 2.74. The zero-order valence-corrected chi connectivity index (χ0v) is 10.5. The van der Waals surface area contributed by atoms with E-state index in [2.05, 4.69) is 4.98 Å². The molecule has 0 spiro atoms. The summed E-state index contributed by atoms with van der Waals surface area (Å²) in [6.45, 7) is 0. The summed E-state index contributed by atoms with van der Waals surface area (Å²) in [5.41, 5.74) is -0.557. The van der Waals surface area contributed by atoms with Crippen LogP contribution < -0.4 is 0 Å². The van der Waals surface area contributed by atoms with E-state index >= 15 is 0 Å². The number of nitro benzene ring substituents is 2. The van der Waals surface area contributed by atoms with Crippen molar-refractivity contribution in [3.05, 3.63) is 55.6 Å². The maximum Gasteiger partial charge on any atom is 0.371 e. The highest BCUT2D eigenvalue weighted by Crippen LogP contribution is 2.42. The van der Waals surface area contributed by atoms with Gasteiger partial charge in [0.1, 0.15) is 10.5 Å². The molecule has 0 saturated heterocycles. The van der Waals surface area contributed by atoms with Crippen molar-refractivity contribution >= 4 is 44.8 Å². The molecule has 0 bridgehead atoms. The van der Waals surface area contributed by atoms with Crippen molar-refractivity contribution in [2.75, 3.05) is 0 Å². The fourth-order valence-corrected chi connectivity index (χ4v) is 2.55. The largest absolute Gasteiger partial charge is 0.371 e. The molecule has 0 aliphatic rings. The molecule has 1 N–H and O–H groups in total. The third kappa shape index (κ3) is 1.60. The van der Waals surface area contributed by atoms with E-state index in [9.17, 15) is 20.2 Å². The van der Waals surface area contributed by atoms with Crippen LogP contribution in [0.3, 0.4) is 0 Å². The van der Waals surface area contributed by atoms with Crippen molar-refractivity contribution in [3.8, 4) is 0 Å². The van der Waals surface area contributed by atoms with Crippen LogP contribution in [0.5, 0.6) is 0 Å². The smallest absolute Gasteiger partial charge is 0.349 e. The van der Waals surface area contributed by atoms with E-state index < -0.39 is 21.2 Å². The lowest BCUT2D eigenvalue weighted by Crippen LogP contribution is -1.98. The Balaban J connectivity index is 2.59. The number of rotatable bonds is 2. The molecule has 7 nitrogen and oxygen atoms in total. The zero-order chi connectivity index (χ0) is 14.4. The molecular weight excluding hydrogens is 286 g/mol. The van der Waals surface area contributed by atoms with Gasteiger partial charge in [0.25, 0.3) is 0 Å². The summed E-state index contributed by atoms with van der Waals surface area (Å²) in [5, 5.41) is 23.2. The Bertz CT molecular complexity index is 887. The summed E-state index contributed by atoms with van der Waals surface area (Å²) in [5.74, 6) is 0. The van der Waals surface area contributed by atoms with Crippen molar-refractivity contribution in [1.29, 1.82) is 0 Å². The lowest BCUT2D eigenvalue weighted by atomic mass is 10.1. The summed E-state index contributed by atoms with van der Waals surface area (Å²) >= 11 is 5.84. The number of nitrogens with one attached hydrogen (secondary N) is 1. The van der Waals surface area contributed by atoms with Crippen LogP contribution in [0, 0.1) is 20.2 Å². The molecule has 3 rings (SSSR count). The van der Waals surface area contributed by atoms with Crippen molar-refractivity contribution in [2.24, 2.45) is 0 Å². The maximum absolute atomic E-state index is 11.2. The van der Waals surface area contributed by atoms with Gasteiger partial charge in [0.05, 0.1) is 9.85 Å². The van der Waals surface area contributed by atoms with E-state index in [1.807, 2.05) is 0 Å². The third-order valence-electron chi connectivity index (χ3n) is 3.07. The van der Waals surface area contributed by atoms with Crippen LogP contribution in [-0.4, -0.2) is 14.8 Å². The molecule has 20 heavy (non-hydrogen) atoms. The fraction of sp³-hybridized carbons (Fsp3) is 0. The second-order valence-electron chi connectivity index (χ2n) is 4.16. The van der Waals surface area contributed by atoms with E-state index in [1.165, 1.54) is 6.07 Å². The lowest BCUT2D eigenvalue weighted by Gasteiger charge is -1.99. The SMILES string of the molecule is O=[N+]([O-])c1c(Cl)cc2c([nH]c3ccccc32)c1[N+](=O)[O-]. The predicted molar refractivity (Wildman–Crippen MR) is 74.1 cm³/mol. The van der Waals surface area contributed by atoms with E-state index in [0.29, 0.717) is 10.9 Å². The van der Waals surface area contributed by atoms with Gasteiger partial charge in [0.2, 0.25) is 0 Å². The van der Waals surface area contributed by atoms with Gasteiger partial charge in [-0.2, -0.15) is 0 Å². The number of hydrogen-bond acceptors (Lipinski definition) is 4. The van der Waals surface area contributed by atoms with Crippen molar-refractivity contribution in [2.45, 2.75) is 0 Å². The first kappa shape index (κ1) is 12.4. The molecule has 3 aromatic rings. The quantitative estimate of drug-likeness (QED) is 0.573. The van der Waals surface area contributed by atoms with E-state index in [4.69, 9.17) is 11.6 Å². The zero-order valence-electron chi connectivity index (χ0n) is 9.79. The minimum Gasteiger partial charge on any atom is -0.349 e. The molecule has 0 amide bonds. The molecular formula is C12H6ClN3O4.